The normalized spacial score (nSPS) is 20.7. The number of nitrogens with two attached hydrogens (primary N) is 1. The van der Waals surface area contributed by atoms with Crippen LogP contribution in [-0.2, 0) is 0 Å². The summed E-state index contributed by atoms with van der Waals surface area (Å²) in [4.78, 5) is 4.15. The van der Waals surface area contributed by atoms with E-state index in [0.717, 1.165) is 19.0 Å². The van der Waals surface area contributed by atoms with Gasteiger partial charge in [-0.3, -0.25) is 4.99 Å². The molecule has 1 aliphatic carbocycles. The van der Waals surface area contributed by atoms with E-state index >= 15 is 0 Å². The lowest BCUT2D eigenvalue weighted by Gasteiger charge is -2.29. The third-order valence-corrected chi connectivity index (χ3v) is 3.37. The lowest BCUT2D eigenvalue weighted by atomic mass is 9.81. The van der Waals surface area contributed by atoms with Crippen LogP contribution in [0.25, 0.3) is 0 Å². The molecule has 0 aromatic heterocycles. The van der Waals surface area contributed by atoms with Crippen LogP contribution in [0.4, 0.5) is 0 Å². The van der Waals surface area contributed by atoms with Crippen LogP contribution in [0.2, 0.25) is 0 Å². The summed E-state index contributed by atoms with van der Waals surface area (Å²) in [7, 11) is 0. The van der Waals surface area contributed by atoms with Crippen LogP contribution < -0.4 is 5.84 Å². The van der Waals surface area contributed by atoms with Crippen molar-refractivity contribution in [3.63, 3.8) is 0 Å². The van der Waals surface area contributed by atoms with Crippen molar-refractivity contribution in [2.75, 3.05) is 13.1 Å². The molecule has 0 amide bonds. The Labute approximate surface area is 93.7 Å². The highest BCUT2D eigenvalue weighted by atomic mass is 15.4. The number of rotatable bonds is 5. The van der Waals surface area contributed by atoms with Gasteiger partial charge < -0.3 is 5.01 Å². The van der Waals surface area contributed by atoms with Crippen LogP contribution >= 0.6 is 0 Å². The molecule has 3 heteroatoms. The van der Waals surface area contributed by atoms with Crippen LogP contribution in [0.15, 0.2) is 4.99 Å². The van der Waals surface area contributed by atoms with Gasteiger partial charge in [-0.25, -0.2) is 5.84 Å². The maximum absolute atomic E-state index is 5.85. The van der Waals surface area contributed by atoms with Gasteiger partial charge >= 0.3 is 0 Å². The van der Waals surface area contributed by atoms with Crippen molar-refractivity contribution in [1.82, 2.24) is 5.01 Å². The molecule has 0 heterocycles. The van der Waals surface area contributed by atoms with Crippen LogP contribution in [0.5, 0.6) is 0 Å². The van der Waals surface area contributed by atoms with Gasteiger partial charge in [0.1, 0.15) is 0 Å². The Hall–Kier alpha value is -0.570. The highest BCUT2D eigenvalue weighted by Crippen LogP contribution is 2.29. The smallest absolute Gasteiger partial charge is 0.0990 e. The van der Waals surface area contributed by atoms with Crippen LogP contribution in [-0.4, -0.2) is 24.4 Å². The second-order valence-electron chi connectivity index (χ2n) is 4.69. The SMILES string of the molecule is CCN=CN(N)CC(C)C1CCCCC1. The first-order valence-corrected chi connectivity index (χ1v) is 6.25. The molecule has 0 aliphatic heterocycles. The van der Waals surface area contributed by atoms with E-state index in [2.05, 4.69) is 11.9 Å². The molecular formula is C12H25N3. The summed E-state index contributed by atoms with van der Waals surface area (Å²) in [6.45, 7) is 6.09. The maximum atomic E-state index is 5.85. The minimum atomic E-state index is 0.693. The second kappa shape index (κ2) is 6.83. The van der Waals surface area contributed by atoms with Crippen molar-refractivity contribution < 1.29 is 0 Å². The Morgan fingerprint density at radius 1 is 1.40 bits per heavy atom. The molecule has 1 saturated carbocycles. The third-order valence-electron chi connectivity index (χ3n) is 3.37. The summed E-state index contributed by atoms with van der Waals surface area (Å²) in [5.74, 6) is 7.42. The predicted molar refractivity (Wildman–Crippen MR) is 65.7 cm³/mol. The van der Waals surface area contributed by atoms with E-state index in [4.69, 9.17) is 5.84 Å². The molecule has 15 heavy (non-hydrogen) atoms. The lowest BCUT2D eigenvalue weighted by molar-refractivity contribution is 0.224. The lowest BCUT2D eigenvalue weighted by Crippen LogP contribution is -2.36. The number of nitrogens with zero attached hydrogens (tertiary/aromatic N) is 2. The average Bonchev–Trinajstić information content (AvgIpc) is 2.27. The van der Waals surface area contributed by atoms with E-state index in [1.165, 1.54) is 32.1 Å². The van der Waals surface area contributed by atoms with E-state index in [9.17, 15) is 0 Å². The van der Waals surface area contributed by atoms with Crippen LogP contribution in [0.3, 0.4) is 0 Å². The zero-order valence-electron chi connectivity index (χ0n) is 10.2. The first-order chi connectivity index (χ1) is 7.24. The summed E-state index contributed by atoms with van der Waals surface area (Å²) in [6.07, 6.45) is 8.78. The number of hydrogen-bond donors (Lipinski definition) is 1. The van der Waals surface area contributed by atoms with Gasteiger partial charge in [0, 0.05) is 13.1 Å². The Kier molecular flexibility index (Phi) is 5.69. The maximum Gasteiger partial charge on any atom is 0.0990 e. The highest BCUT2D eigenvalue weighted by molar-refractivity contribution is 5.53. The molecule has 88 valence electrons. The number of hydrogen-bond acceptors (Lipinski definition) is 2. The Morgan fingerprint density at radius 2 is 2.07 bits per heavy atom. The standard InChI is InChI=1S/C12H25N3/c1-3-14-10-15(13)9-11(2)12-7-5-4-6-8-12/h10-12H,3-9,13H2,1-2H3. The fraction of sp³-hybridized carbons (Fsp3) is 0.917. The zero-order chi connectivity index (χ0) is 11.1. The Morgan fingerprint density at radius 3 is 2.67 bits per heavy atom. The summed E-state index contributed by atoms with van der Waals surface area (Å²) in [6, 6.07) is 0. The van der Waals surface area contributed by atoms with Crippen molar-refractivity contribution in [1.29, 1.82) is 0 Å². The van der Waals surface area contributed by atoms with Gasteiger partial charge in [0.2, 0.25) is 0 Å². The van der Waals surface area contributed by atoms with Crippen LogP contribution in [0, 0.1) is 11.8 Å². The fourth-order valence-electron chi connectivity index (χ4n) is 2.42. The van der Waals surface area contributed by atoms with E-state index < -0.39 is 0 Å². The van der Waals surface area contributed by atoms with Gasteiger partial charge in [0.15, 0.2) is 0 Å². The molecule has 1 rings (SSSR count). The average molecular weight is 211 g/mol. The zero-order valence-corrected chi connectivity index (χ0v) is 10.2. The van der Waals surface area contributed by atoms with Gasteiger partial charge in [-0.2, -0.15) is 0 Å². The second-order valence-corrected chi connectivity index (χ2v) is 4.69. The van der Waals surface area contributed by atoms with Crippen molar-refractivity contribution in [2.24, 2.45) is 22.7 Å². The molecule has 1 fully saturated rings. The number of aliphatic imine (C=N–C) groups is 1. The topological polar surface area (TPSA) is 41.6 Å². The van der Waals surface area contributed by atoms with Crippen molar-refractivity contribution in [2.45, 2.75) is 46.0 Å². The summed E-state index contributed by atoms with van der Waals surface area (Å²) in [5.41, 5.74) is 0. The monoisotopic (exact) mass is 211 g/mol. The van der Waals surface area contributed by atoms with Gasteiger partial charge in [-0.15, -0.1) is 0 Å². The minimum Gasteiger partial charge on any atom is -0.301 e. The molecule has 0 radical (unpaired) electrons. The van der Waals surface area contributed by atoms with E-state index in [0.29, 0.717) is 5.92 Å². The molecule has 0 spiro atoms. The van der Waals surface area contributed by atoms with E-state index in [-0.39, 0.29) is 0 Å². The third kappa shape index (κ3) is 4.65. The molecule has 3 nitrogen and oxygen atoms in total. The van der Waals surface area contributed by atoms with Crippen molar-refractivity contribution in [3.8, 4) is 0 Å². The summed E-state index contributed by atoms with van der Waals surface area (Å²) >= 11 is 0. The summed E-state index contributed by atoms with van der Waals surface area (Å²) < 4.78 is 0. The van der Waals surface area contributed by atoms with Crippen molar-refractivity contribution >= 4 is 6.34 Å². The molecule has 0 aromatic rings. The first kappa shape index (κ1) is 12.5. The number of hydrazine groups is 1. The van der Waals surface area contributed by atoms with E-state index in [1.54, 1.807) is 11.3 Å². The molecule has 1 aliphatic rings. The van der Waals surface area contributed by atoms with Crippen LogP contribution in [0.1, 0.15) is 46.0 Å². The predicted octanol–water partition coefficient (Wildman–Crippen LogP) is 2.43. The fourth-order valence-corrected chi connectivity index (χ4v) is 2.42. The Balaban J connectivity index is 2.26. The minimum absolute atomic E-state index is 0.693. The van der Waals surface area contributed by atoms with Gasteiger partial charge in [-0.05, 0) is 18.8 Å². The Bertz CT molecular complexity index is 185. The molecule has 0 aromatic carbocycles. The summed E-state index contributed by atoms with van der Waals surface area (Å²) in [5, 5.41) is 1.74. The molecule has 2 N–H and O–H groups in total. The van der Waals surface area contributed by atoms with Crippen molar-refractivity contribution in [3.05, 3.63) is 0 Å². The molecular weight excluding hydrogens is 186 g/mol. The highest BCUT2D eigenvalue weighted by Gasteiger charge is 2.20. The molecule has 0 saturated heterocycles. The van der Waals surface area contributed by atoms with E-state index in [1.807, 2.05) is 6.92 Å². The molecule has 1 atom stereocenters. The quantitative estimate of drug-likeness (QED) is 0.328. The molecule has 1 unspecified atom stereocenters. The first-order valence-electron chi connectivity index (χ1n) is 6.25. The largest absolute Gasteiger partial charge is 0.301 e. The van der Waals surface area contributed by atoms with Gasteiger partial charge in [-0.1, -0.05) is 39.0 Å². The van der Waals surface area contributed by atoms with Gasteiger partial charge in [0.05, 0.1) is 6.34 Å². The molecule has 0 bridgehead atoms. The van der Waals surface area contributed by atoms with Gasteiger partial charge in [0.25, 0.3) is 0 Å².